The molecule has 5 atom stereocenters. The number of nitrogens with one attached hydrogen (secondary N) is 1. The normalized spacial score (nSPS) is 34.5. The number of rotatable bonds is 3. The second-order valence-corrected chi connectivity index (χ2v) is 6.22. The highest BCUT2D eigenvalue weighted by atomic mass is 16.6. The fourth-order valence-electron chi connectivity index (χ4n) is 4.29. The van der Waals surface area contributed by atoms with Crippen LogP contribution in [0.15, 0.2) is 24.3 Å². The Hall–Kier alpha value is -2.44. The van der Waals surface area contributed by atoms with E-state index in [1.807, 2.05) is 0 Å². The zero-order valence-corrected chi connectivity index (χ0v) is 11.6. The van der Waals surface area contributed by atoms with Gasteiger partial charge in [-0.05, 0) is 24.8 Å². The number of anilines is 1. The molecule has 1 heterocycles. The number of esters is 1. The van der Waals surface area contributed by atoms with Crippen molar-refractivity contribution < 1.29 is 19.2 Å². The number of hydrogen-bond donors (Lipinski definition) is 1. The molecule has 0 unspecified atom stereocenters. The second kappa shape index (κ2) is 4.53. The van der Waals surface area contributed by atoms with Gasteiger partial charge >= 0.3 is 5.97 Å². The maximum absolute atomic E-state index is 12.5. The molecule has 22 heavy (non-hydrogen) atoms. The van der Waals surface area contributed by atoms with Crippen LogP contribution in [0.25, 0.3) is 0 Å². The van der Waals surface area contributed by atoms with Gasteiger partial charge in [0.1, 0.15) is 6.10 Å². The van der Waals surface area contributed by atoms with Crippen LogP contribution in [-0.2, 0) is 14.3 Å². The standard InChI is InChI=1S/C15H14N2O5/c18-14(16-8-2-1-3-9(6-8)17(20)21)12-7-4-10-11(5-7)22-15(19)13(10)12/h1-3,6-7,10-13H,4-5H2,(H,16,18)/t7-,10+,11-,12-,13+/m0/s1. The molecule has 7 heteroatoms. The number of nitro groups is 1. The van der Waals surface area contributed by atoms with Crippen molar-refractivity contribution in [2.75, 3.05) is 5.32 Å². The number of carbonyl (C=O) groups excluding carboxylic acids is 2. The predicted octanol–water partition coefficient (Wildman–Crippen LogP) is 1.73. The van der Waals surface area contributed by atoms with Crippen LogP contribution in [0.2, 0.25) is 0 Å². The molecule has 114 valence electrons. The van der Waals surface area contributed by atoms with Gasteiger partial charge in [-0.25, -0.2) is 0 Å². The molecule has 4 rings (SSSR count). The van der Waals surface area contributed by atoms with Gasteiger partial charge < -0.3 is 10.1 Å². The summed E-state index contributed by atoms with van der Waals surface area (Å²) in [5.74, 6) is -0.897. The fourth-order valence-corrected chi connectivity index (χ4v) is 4.29. The van der Waals surface area contributed by atoms with E-state index in [2.05, 4.69) is 5.32 Å². The lowest BCUT2D eigenvalue weighted by Crippen LogP contribution is -2.35. The molecule has 0 radical (unpaired) electrons. The van der Waals surface area contributed by atoms with Crippen LogP contribution in [-0.4, -0.2) is 22.9 Å². The first-order chi connectivity index (χ1) is 10.5. The monoisotopic (exact) mass is 302 g/mol. The first-order valence-corrected chi connectivity index (χ1v) is 7.30. The molecule has 7 nitrogen and oxygen atoms in total. The van der Waals surface area contributed by atoms with E-state index in [0.717, 1.165) is 12.8 Å². The van der Waals surface area contributed by atoms with E-state index in [1.54, 1.807) is 6.07 Å². The van der Waals surface area contributed by atoms with Crippen LogP contribution in [0.3, 0.4) is 0 Å². The zero-order valence-electron chi connectivity index (χ0n) is 11.6. The third kappa shape index (κ3) is 1.81. The van der Waals surface area contributed by atoms with Crippen molar-refractivity contribution in [1.82, 2.24) is 0 Å². The molecular weight excluding hydrogens is 288 g/mol. The molecule has 1 amide bonds. The highest BCUT2D eigenvalue weighted by Crippen LogP contribution is 2.57. The number of carbonyl (C=O) groups is 2. The Bertz CT molecular complexity index is 686. The molecular formula is C15H14N2O5. The van der Waals surface area contributed by atoms with E-state index in [4.69, 9.17) is 4.74 Å². The van der Waals surface area contributed by atoms with E-state index in [9.17, 15) is 19.7 Å². The predicted molar refractivity (Wildman–Crippen MR) is 74.8 cm³/mol. The highest BCUT2D eigenvalue weighted by molar-refractivity contribution is 5.97. The lowest BCUT2D eigenvalue weighted by Gasteiger charge is -2.23. The van der Waals surface area contributed by atoms with Crippen LogP contribution in [0.5, 0.6) is 0 Å². The summed E-state index contributed by atoms with van der Waals surface area (Å²) < 4.78 is 5.31. The van der Waals surface area contributed by atoms with Gasteiger partial charge in [-0.15, -0.1) is 0 Å². The summed E-state index contributed by atoms with van der Waals surface area (Å²) in [5.41, 5.74) is 0.302. The quantitative estimate of drug-likeness (QED) is 0.521. The van der Waals surface area contributed by atoms with Gasteiger partial charge in [0.2, 0.25) is 5.91 Å². The molecule has 1 aromatic carbocycles. The minimum Gasteiger partial charge on any atom is -0.462 e. The largest absolute Gasteiger partial charge is 0.462 e. The SMILES string of the molecule is O=C1O[C@H]2C[C@@H]3C[C@H]2[C@@H]1[C@H]3C(=O)Nc1cccc([N+](=O)[O-])c1. The van der Waals surface area contributed by atoms with Crippen molar-refractivity contribution in [3.05, 3.63) is 34.4 Å². The molecule has 1 N–H and O–H groups in total. The Balaban J connectivity index is 1.55. The maximum Gasteiger partial charge on any atom is 0.310 e. The summed E-state index contributed by atoms with van der Waals surface area (Å²) in [4.78, 5) is 34.7. The summed E-state index contributed by atoms with van der Waals surface area (Å²) in [5, 5.41) is 13.5. The van der Waals surface area contributed by atoms with Crippen molar-refractivity contribution in [3.8, 4) is 0 Å². The van der Waals surface area contributed by atoms with Crippen LogP contribution in [0, 0.1) is 33.8 Å². The second-order valence-electron chi connectivity index (χ2n) is 6.22. The lowest BCUT2D eigenvalue weighted by molar-refractivity contribution is -0.384. The molecule has 3 fully saturated rings. The first-order valence-electron chi connectivity index (χ1n) is 7.30. The average molecular weight is 302 g/mol. The van der Waals surface area contributed by atoms with E-state index in [0.29, 0.717) is 5.69 Å². The Morgan fingerprint density at radius 2 is 2.18 bits per heavy atom. The van der Waals surface area contributed by atoms with Gasteiger partial charge in [0.05, 0.1) is 16.8 Å². The van der Waals surface area contributed by atoms with Gasteiger partial charge in [0.15, 0.2) is 0 Å². The molecule has 2 bridgehead atoms. The number of ether oxygens (including phenoxy) is 1. The Morgan fingerprint density at radius 1 is 1.36 bits per heavy atom. The Labute approximate surface area is 125 Å². The van der Waals surface area contributed by atoms with Gasteiger partial charge in [-0.2, -0.15) is 0 Å². The van der Waals surface area contributed by atoms with Crippen molar-refractivity contribution in [2.24, 2.45) is 23.7 Å². The number of benzene rings is 1. The number of amides is 1. The summed E-state index contributed by atoms with van der Waals surface area (Å²) in [6.45, 7) is 0. The van der Waals surface area contributed by atoms with Gasteiger partial charge in [-0.1, -0.05) is 6.07 Å². The van der Waals surface area contributed by atoms with E-state index < -0.39 is 4.92 Å². The average Bonchev–Trinajstić information content (AvgIpc) is 3.08. The van der Waals surface area contributed by atoms with E-state index in [-0.39, 0.29) is 47.3 Å². The summed E-state index contributed by atoms with van der Waals surface area (Å²) in [7, 11) is 0. The fraction of sp³-hybridized carbons (Fsp3) is 0.467. The third-order valence-corrected chi connectivity index (χ3v) is 5.11. The van der Waals surface area contributed by atoms with Crippen molar-refractivity contribution in [1.29, 1.82) is 0 Å². The van der Waals surface area contributed by atoms with Gasteiger partial charge in [-0.3, -0.25) is 19.7 Å². The van der Waals surface area contributed by atoms with Crippen LogP contribution >= 0.6 is 0 Å². The van der Waals surface area contributed by atoms with Gasteiger partial charge in [0.25, 0.3) is 5.69 Å². The van der Waals surface area contributed by atoms with Crippen LogP contribution in [0.4, 0.5) is 11.4 Å². The summed E-state index contributed by atoms with van der Waals surface area (Å²) in [6, 6.07) is 5.81. The minimum absolute atomic E-state index is 0.00985. The number of nitrogens with zero attached hydrogens (tertiary/aromatic N) is 1. The molecule has 0 spiro atoms. The number of non-ortho nitro benzene ring substituents is 1. The molecule has 0 aromatic heterocycles. The molecule has 3 aliphatic rings. The number of hydrogen-bond acceptors (Lipinski definition) is 5. The van der Waals surface area contributed by atoms with E-state index >= 15 is 0 Å². The Kier molecular flexibility index (Phi) is 2.72. The molecule has 2 aliphatic carbocycles. The topological polar surface area (TPSA) is 98.5 Å². The zero-order chi connectivity index (χ0) is 15.4. The van der Waals surface area contributed by atoms with Crippen molar-refractivity contribution in [2.45, 2.75) is 18.9 Å². The van der Waals surface area contributed by atoms with Crippen molar-refractivity contribution in [3.63, 3.8) is 0 Å². The molecule has 1 aromatic rings. The van der Waals surface area contributed by atoms with Gasteiger partial charge in [0, 0.05) is 23.7 Å². The Morgan fingerprint density at radius 3 is 2.95 bits per heavy atom. The third-order valence-electron chi connectivity index (χ3n) is 5.11. The summed E-state index contributed by atoms with van der Waals surface area (Å²) >= 11 is 0. The smallest absolute Gasteiger partial charge is 0.310 e. The van der Waals surface area contributed by atoms with E-state index in [1.165, 1.54) is 18.2 Å². The number of nitro benzene ring substituents is 1. The molecule has 1 saturated heterocycles. The van der Waals surface area contributed by atoms with Crippen LogP contribution < -0.4 is 5.32 Å². The van der Waals surface area contributed by atoms with Crippen LogP contribution in [0.1, 0.15) is 12.8 Å². The first kappa shape index (κ1) is 13.2. The minimum atomic E-state index is -0.508. The highest BCUT2D eigenvalue weighted by Gasteiger charge is 2.63. The summed E-state index contributed by atoms with van der Waals surface area (Å²) in [6.07, 6.45) is 1.60. The maximum atomic E-state index is 12.5. The number of fused-ring (bicyclic) bond motifs is 1. The molecule has 1 aliphatic heterocycles. The van der Waals surface area contributed by atoms with Crippen molar-refractivity contribution >= 4 is 23.3 Å². The molecule has 2 saturated carbocycles. The lowest BCUT2D eigenvalue weighted by atomic mass is 9.79.